The van der Waals surface area contributed by atoms with E-state index in [-0.39, 0.29) is 30.7 Å². The maximum absolute atomic E-state index is 12.7. The fourth-order valence-corrected chi connectivity index (χ4v) is 3.12. The Morgan fingerprint density at radius 2 is 2.18 bits per heavy atom. The minimum atomic E-state index is -0.699. The highest BCUT2D eigenvalue weighted by Crippen LogP contribution is 2.30. The van der Waals surface area contributed by atoms with Crippen molar-refractivity contribution in [2.75, 3.05) is 27.2 Å². The Morgan fingerprint density at radius 3 is 2.82 bits per heavy atom. The minimum Gasteiger partial charge on any atom is -0.496 e. The number of likely N-dealkylation sites (tertiary alicyclic amines) is 1. The van der Waals surface area contributed by atoms with Crippen molar-refractivity contribution in [3.8, 4) is 5.75 Å². The van der Waals surface area contributed by atoms with Gasteiger partial charge in [-0.3, -0.25) is 9.59 Å². The zero-order chi connectivity index (χ0) is 16.3. The Labute approximate surface area is 137 Å². The van der Waals surface area contributed by atoms with Gasteiger partial charge in [-0.2, -0.15) is 0 Å². The van der Waals surface area contributed by atoms with Gasteiger partial charge in [0.05, 0.1) is 18.8 Å². The molecule has 0 spiro atoms. The number of methoxy groups -OCH3 is 1. The van der Waals surface area contributed by atoms with E-state index in [2.05, 4.69) is 21.2 Å². The first kappa shape index (κ1) is 16.8. The van der Waals surface area contributed by atoms with Crippen LogP contribution in [-0.4, -0.2) is 55.2 Å². The highest BCUT2D eigenvalue weighted by Gasteiger charge is 2.36. The molecule has 2 atom stereocenters. The summed E-state index contributed by atoms with van der Waals surface area (Å²) in [5.74, 6) is -0.138. The smallest absolute Gasteiger partial charge is 0.258 e. The number of nitrogens with one attached hydrogen (secondary N) is 1. The second-order valence-electron chi connectivity index (χ2n) is 5.23. The Balaban J connectivity index is 2.16. The topological polar surface area (TPSA) is 78.9 Å². The molecule has 0 aromatic heterocycles. The molecule has 1 aliphatic rings. The quantitative estimate of drug-likeness (QED) is 0.829. The summed E-state index contributed by atoms with van der Waals surface area (Å²) < 4.78 is 5.88. The van der Waals surface area contributed by atoms with Crippen molar-refractivity contribution in [1.29, 1.82) is 0 Å². The maximum Gasteiger partial charge on any atom is 0.258 e. The molecule has 1 fully saturated rings. The lowest BCUT2D eigenvalue weighted by molar-refractivity contribution is -0.122. The third-order valence-electron chi connectivity index (χ3n) is 3.83. The predicted octanol–water partition coefficient (Wildman–Crippen LogP) is 1.03. The average molecular weight is 371 g/mol. The van der Waals surface area contributed by atoms with E-state index in [0.717, 1.165) is 0 Å². The minimum absolute atomic E-state index is 0.142. The molecule has 0 saturated carbocycles. The lowest BCUT2D eigenvalue weighted by atomic mass is 10.0. The van der Waals surface area contributed by atoms with Crippen molar-refractivity contribution in [2.45, 2.75) is 12.5 Å². The maximum atomic E-state index is 12.7. The third kappa shape index (κ3) is 3.41. The summed E-state index contributed by atoms with van der Waals surface area (Å²) in [6.07, 6.45) is -0.496. The summed E-state index contributed by atoms with van der Waals surface area (Å²) in [7, 11) is 3.06. The van der Waals surface area contributed by atoms with Gasteiger partial charge in [-0.15, -0.1) is 0 Å². The van der Waals surface area contributed by atoms with Gasteiger partial charge in [-0.05, 0) is 28.1 Å². The van der Waals surface area contributed by atoms with Crippen molar-refractivity contribution in [2.24, 2.45) is 5.92 Å². The molecule has 1 heterocycles. The molecule has 1 saturated heterocycles. The van der Waals surface area contributed by atoms with E-state index < -0.39 is 6.10 Å². The fourth-order valence-electron chi connectivity index (χ4n) is 2.60. The van der Waals surface area contributed by atoms with E-state index >= 15 is 0 Å². The van der Waals surface area contributed by atoms with Crippen LogP contribution in [0.2, 0.25) is 0 Å². The molecular weight excluding hydrogens is 352 g/mol. The third-order valence-corrected chi connectivity index (χ3v) is 4.49. The summed E-state index contributed by atoms with van der Waals surface area (Å²) in [5, 5.41) is 12.6. The molecule has 1 aromatic rings. The number of hydrogen-bond acceptors (Lipinski definition) is 4. The number of amides is 2. The number of β-amino-alcohol motifs (C(OH)–C–C–N with tert-alkyl or cyclic N) is 1. The Bertz CT molecular complexity index is 579. The number of nitrogens with zero attached hydrogens (tertiary/aromatic N) is 1. The van der Waals surface area contributed by atoms with Crippen molar-refractivity contribution in [3.05, 3.63) is 28.2 Å². The van der Waals surface area contributed by atoms with Crippen LogP contribution in [0, 0.1) is 5.92 Å². The molecule has 2 amide bonds. The first-order valence-electron chi connectivity index (χ1n) is 6.98. The Hall–Kier alpha value is -1.60. The summed E-state index contributed by atoms with van der Waals surface area (Å²) >= 11 is 3.36. The molecule has 6 nitrogen and oxygen atoms in total. The van der Waals surface area contributed by atoms with Crippen LogP contribution in [0.5, 0.6) is 5.75 Å². The Kier molecular flexibility index (Phi) is 5.42. The molecule has 1 aliphatic heterocycles. The number of carbonyl (C=O) groups is 2. The number of benzene rings is 1. The largest absolute Gasteiger partial charge is 0.496 e. The molecule has 0 bridgehead atoms. The van der Waals surface area contributed by atoms with Crippen molar-refractivity contribution >= 4 is 27.7 Å². The summed E-state index contributed by atoms with van der Waals surface area (Å²) in [6, 6.07) is 5.27. The molecule has 120 valence electrons. The molecule has 0 aliphatic carbocycles. The van der Waals surface area contributed by atoms with E-state index in [1.807, 2.05) is 0 Å². The van der Waals surface area contributed by atoms with Crippen molar-refractivity contribution in [3.63, 3.8) is 0 Å². The molecular formula is C15H19BrN2O4. The number of aliphatic hydroxyl groups is 1. The zero-order valence-corrected chi connectivity index (χ0v) is 14.1. The van der Waals surface area contributed by atoms with Gasteiger partial charge < -0.3 is 20.1 Å². The number of carbonyl (C=O) groups excluding carboxylic acids is 2. The number of rotatable bonds is 4. The normalized spacial score (nSPS) is 20.8. The average Bonchev–Trinajstić information content (AvgIpc) is 2.87. The lowest BCUT2D eigenvalue weighted by Crippen LogP contribution is -2.30. The van der Waals surface area contributed by atoms with Crippen LogP contribution in [0.3, 0.4) is 0 Å². The van der Waals surface area contributed by atoms with Gasteiger partial charge in [0.1, 0.15) is 5.75 Å². The van der Waals surface area contributed by atoms with Gasteiger partial charge >= 0.3 is 0 Å². The second-order valence-corrected chi connectivity index (χ2v) is 6.09. The molecule has 7 heteroatoms. The summed E-state index contributed by atoms with van der Waals surface area (Å²) in [5.41, 5.74) is 0.429. The number of halogens is 1. The fraction of sp³-hybridized carbons (Fsp3) is 0.467. The van der Waals surface area contributed by atoms with E-state index in [4.69, 9.17) is 4.74 Å². The summed E-state index contributed by atoms with van der Waals surface area (Å²) in [6.45, 7) is 0.558. The molecule has 2 N–H and O–H groups in total. The predicted molar refractivity (Wildman–Crippen MR) is 84.8 cm³/mol. The van der Waals surface area contributed by atoms with Crippen molar-refractivity contribution in [1.82, 2.24) is 10.2 Å². The van der Waals surface area contributed by atoms with Gasteiger partial charge in [0, 0.05) is 36.9 Å². The second kappa shape index (κ2) is 7.11. The highest BCUT2D eigenvalue weighted by atomic mass is 79.9. The molecule has 0 unspecified atom stereocenters. The van der Waals surface area contributed by atoms with Crippen LogP contribution in [-0.2, 0) is 4.79 Å². The number of aliphatic hydroxyl groups excluding tert-OH is 1. The van der Waals surface area contributed by atoms with Crippen LogP contribution in [0.4, 0.5) is 0 Å². The van der Waals surface area contributed by atoms with E-state index in [0.29, 0.717) is 22.3 Å². The monoisotopic (exact) mass is 370 g/mol. The van der Waals surface area contributed by atoms with E-state index in [1.165, 1.54) is 7.11 Å². The molecule has 1 aromatic carbocycles. The van der Waals surface area contributed by atoms with Gasteiger partial charge in [-0.25, -0.2) is 0 Å². The molecule has 0 radical (unpaired) electrons. The number of hydrogen-bond donors (Lipinski definition) is 2. The van der Waals surface area contributed by atoms with E-state index in [9.17, 15) is 14.7 Å². The highest BCUT2D eigenvalue weighted by molar-refractivity contribution is 9.10. The van der Waals surface area contributed by atoms with Crippen LogP contribution < -0.4 is 10.1 Å². The van der Waals surface area contributed by atoms with Crippen LogP contribution in [0.25, 0.3) is 0 Å². The number of ether oxygens (including phenoxy) is 1. The first-order chi connectivity index (χ1) is 10.5. The van der Waals surface area contributed by atoms with Gasteiger partial charge in [0.25, 0.3) is 5.91 Å². The van der Waals surface area contributed by atoms with Gasteiger partial charge in [0.15, 0.2) is 0 Å². The summed E-state index contributed by atoms with van der Waals surface area (Å²) in [4.78, 5) is 25.7. The van der Waals surface area contributed by atoms with E-state index in [1.54, 1.807) is 30.1 Å². The van der Waals surface area contributed by atoms with Gasteiger partial charge in [0.2, 0.25) is 5.91 Å². The standard InChI is InChI=1S/C15H19BrN2O4/c1-17-13(20)6-9-7-18(8-11(9)19)15(21)14-10(16)4-3-5-12(14)22-2/h3-5,9,11,19H,6-8H2,1-2H3,(H,17,20)/t9-,11-/m1/s1. The lowest BCUT2D eigenvalue weighted by Gasteiger charge is -2.18. The van der Waals surface area contributed by atoms with Gasteiger partial charge in [-0.1, -0.05) is 6.07 Å². The van der Waals surface area contributed by atoms with Crippen LogP contribution in [0.1, 0.15) is 16.8 Å². The van der Waals surface area contributed by atoms with Crippen LogP contribution in [0.15, 0.2) is 22.7 Å². The van der Waals surface area contributed by atoms with Crippen LogP contribution >= 0.6 is 15.9 Å². The molecule has 22 heavy (non-hydrogen) atoms. The SMILES string of the molecule is CNC(=O)C[C@@H]1CN(C(=O)c2c(Br)cccc2OC)C[C@H]1O. The molecule has 2 rings (SSSR count). The first-order valence-corrected chi connectivity index (χ1v) is 7.77. The zero-order valence-electron chi connectivity index (χ0n) is 12.5. The Morgan fingerprint density at radius 1 is 1.45 bits per heavy atom. The van der Waals surface area contributed by atoms with Crippen molar-refractivity contribution < 1.29 is 19.4 Å².